The Balaban J connectivity index is 1.67. The van der Waals surface area contributed by atoms with Gasteiger partial charge >= 0.3 is 0 Å². The fraction of sp³-hybridized carbons (Fsp3) is 0.625. The maximum atomic E-state index is 13.7. The van der Waals surface area contributed by atoms with E-state index in [9.17, 15) is 4.39 Å². The first-order chi connectivity index (χ1) is 9.27. The van der Waals surface area contributed by atoms with Gasteiger partial charge in [0, 0.05) is 25.2 Å². The predicted molar refractivity (Wildman–Crippen MR) is 75.4 cm³/mol. The van der Waals surface area contributed by atoms with Gasteiger partial charge in [-0.05, 0) is 50.3 Å². The summed E-state index contributed by atoms with van der Waals surface area (Å²) >= 11 is 0. The van der Waals surface area contributed by atoms with Gasteiger partial charge in [0.1, 0.15) is 5.82 Å². The number of halogens is 1. The summed E-state index contributed by atoms with van der Waals surface area (Å²) in [4.78, 5) is 2.44. The molecule has 19 heavy (non-hydrogen) atoms. The van der Waals surface area contributed by atoms with Crippen LogP contribution in [0.4, 0.5) is 4.39 Å². The van der Waals surface area contributed by atoms with Crippen LogP contribution in [0.25, 0.3) is 0 Å². The summed E-state index contributed by atoms with van der Waals surface area (Å²) in [6.45, 7) is 5.29. The molecule has 0 bridgehead atoms. The molecule has 1 aromatic rings. The Morgan fingerprint density at radius 2 is 2.05 bits per heavy atom. The second-order valence-corrected chi connectivity index (χ2v) is 6.19. The molecule has 1 N–H and O–H groups in total. The molecule has 3 rings (SSSR count). The number of hydrogen-bond acceptors (Lipinski definition) is 2. The molecule has 2 saturated heterocycles. The quantitative estimate of drug-likeness (QED) is 0.881. The fourth-order valence-electron chi connectivity index (χ4n) is 3.69. The topological polar surface area (TPSA) is 15.3 Å². The molecule has 0 radical (unpaired) electrons. The van der Waals surface area contributed by atoms with Crippen LogP contribution in [0.1, 0.15) is 31.2 Å². The highest BCUT2D eigenvalue weighted by atomic mass is 19.1. The molecule has 2 nitrogen and oxygen atoms in total. The number of rotatable bonds is 2. The number of nitrogens with one attached hydrogen (secondary N) is 1. The lowest BCUT2D eigenvalue weighted by Gasteiger charge is -2.45. The normalized spacial score (nSPS) is 28.7. The second kappa shape index (κ2) is 5.59. The van der Waals surface area contributed by atoms with E-state index in [0.29, 0.717) is 5.41 Å². The van der Waals surface area contributed by atoms with Gasteiger partial charge in [0.25, 0.3) is 0 Å². The zero-order chi connectivity index (χ0) is 13.1. The summed E-state index contributed by atoms with van der Waals surface area (Å²) in [5.41, 5.74) is 1.28. The minimum atomic E-state index is -0.0658. The smallest absolute Gasteiger partial charge is 0.127 e. The Morgan fingerprint density at radius 3 is 2.84 bits per heavy atom. The van der Waals surface area contributed by atoms with E-state index >= 15 is 0 Å². The molecule has 2 fully saturated rings. The van der Waals surface area contributed by atoms with Crippen LogP contribution >= 0.6 is 0 Å². The zero-order valence-corrected chi connectivity index (χ0v) is 11.5. The van der Waals surface area contributed by atoms with E-state index in [1.54, 1.807) is 12.1 Å². The van der Waals surface area contributed by atoms with Crippen molar-refractivity contribution in [3.63, 3.8) is 0 Å². The van der Waals surface area contributed by atoms with Crippen molar-refractivity contribution in [3.05, 3.63) is 35.6 Å². The fourth-order valence-corrected chi connectivity index (χ4v) is 3.69. The largest absolute Gasteiger partial charge is 0.316 e. The van der Waals surface area contributed by atoms with Crippen LogP contribution in [-0.2, 0) is 6.54 Å². The summed E-state index contributed by atoms with van der Waals surface area (Å²) in [6.07, 6.45) is 5.19. The molecule has 2 aliphatic rings. The lowest BCUT2D eigenvalue weighted by Crippen LogP contribution is -2.50. The van der Waals surface area contributed by atoms with Gasteiger partial charge in [-0.1, -0.05) is 18.2 Å². The van der Waals surface area contributed by atoms with Gasteiger partial charge in [0.15, 0.2) is 0 Å². The SMILES string of the molecule is Fc1ccccc1CN1CCCC2(CCCNC2)C1. The molecule has 1 atom stereocenters. The van der Waals surface area contributed by atoms with Crippen LogP contribution in [0.5, 0.6) is 0 Å². The van der Waals surface area contributed by atoms with Crippen LogP contribution in [0.2, 0.25) is 0 Å². The van der Waals surface area contributed by atoms with Crippen molar-refractivity contribution in [3.8, 4) is 0 Å². The molecular weight excluding hydrogens is 239 g/mol. The number of hydrogen-bond donors (Lipinski definition) is 1. The first kappa shape index (κ1) is 13.1. The van der Waals surface area contributed by atoms with Gasteiger partial charge in [-0.15, -0.1) is 0 Å². The number of benzene rings is 1. The molecule has 1 unspecified atom stereocenters. The standard InChI is InChI=1S/C16H23FN2/c17-15-6-2-1-5-14(15)11-19-10-4-8-16(13-19)7-3-9-18-12-16/h1-2,5-6,18H,3-4,7-13H2. The predicted octanol–water partition coefficient (Wildman–Crippen LogP) is 2.79. The van der Waals surface area contributed by atoms with E-state index in [2.05, 4.69) is 10.2 Å². The van der Waals surface area contributed by atoms with E-state index in [0.717, 1.165) is 38.3 Å². The van der Waals surface area contributed by atoms with Crippen molar-refractivity contribution in [2.75, 3.05) is 26.2 Å². The Kier molecular flexibility index (Phi) is 3.85. The highest BCUT2D eigenvalue weighted by Crippen LogP contribution is 2.36. The Labute approximate surface area is 115 Å². The van der Waals surface area contributed by atoms with E-state index < -0.39 is 0 Å². The zero-order valence-electron chi connectivity index (χ0n) is 11.5. The Morgan fingerprint density at radius 1 is 1.21 bits per heavy atom. The molecule has 1 spiro atoms. The van der Waals surface area contributed by atoms with Crippen LogP contribution in [0.15, 0.2) is 24.3 Å². The molecule has 0 aliphatic carbocycles. The van der Waals surface area contributed by atoms with E-state index in [-0.39, 0.29) is 5.82 Å². The van der Waals surface area contributed by atoms with Gasteiger partial charge in [0.05, 0.1) is 0 Å². The summed E-state index contributed by atoms with van der Waals surface area (Å²) in [6, 6.07) is 7.18. The minimum Gasteiger partial charge on any atom is -0.316 e. The van der Waals surface area contributed by atoms with Crippen LogP contribution in [-0.4, -0.2) is 31.1 Å². The molecule has 1 aromatic carbocycles. The summed E-state index contributed by atoms with van der Waals surface area (Å²) in [5, 5.41) is 3.54. The number of likely N-dealkylation sites (tertiary alicyclic amines) is 1. The average Bonchev–Trinajstić information content (AvgIpc) is 2.42. The van der Waals surface area contributed by atoms with E-state index in [4.69, 9.17) is 0 Å². The molecule has 104 valence electrons. The van der Waals surface area contributed by atoms with Gasteiger partial charge in [0.2, 0.25) is 0 Å². The Bertz CT molecular complexity index is 421. The van der Waals surface area contributed by atoms with Gasteiger partial charge in [-0.2, -0.15) is 0 Å². The lowest BCUT2D eigenvalue weighted by atomic mass is 9.74. The molecular formula is C16H23FN2. The molecule has 0 amide bonds. The molecule has 2 heterocycles. The van der Waals surface area contributed by atoms with Crippen molar-refractivity contribution in [2.24, 2.45) is 5.41 Å². The number of piperidine rings is 2. The third kappa shape index (κ3) is 2.98. The van der Waals surface area contributed by atoms with Gasteiger partial charge < -0.3 is 5.32 Å². The van der Waals surface area contributed by atoms with E-state index in [1.807, 2.05) is 12.1 Å². The minimum absolute atomic E-state index is 0.0658. The average molecular weight is 262 g/mol. The van der Waals surface area contributed by atoms with Crippen molar-refractivity contribution in [2.45, 2.75) is 32.2 Å². The highest BCUT2D eigenvalue weighted by molar-refractivity contribution is 5.17. The lowest BCUT2D eigenvalue weighted by molar-refractivity contribution is 0.0594. The maximum absolute atomic E-state index is 13.7. The summed E-state index contributed by atoms with van der Waals surface area (Å²) in [7, 11) is 0. The second-order valence-electron chi connectivity index (χ2n) is 6.19. The van der Waals surface area contributed by atoms with Crippen molar-refractivity contribution in [1.82, 2.24) is 10.2 Å². The van der Waals surface area contributed by atoms with Crippen molar-refractivity contribution < 1.29 is 4.39 Å². The van der Waals surface area contributed by atoms with Gasteiger partial charge in [-0.3, -0.25) is 4.90 Å². The van der Waals surface area contributed by atoms with Crippen molar-refractivity contribution >= 4 is 0 Å². The first-order valence-electron chi connectivity index (χ1n) is 7.44. The summed E-state index contributed by atoms with van der Waals surface area (Å²) in [5.74, 6) is -0.0658. The number of nitrogens with zero attached hydrogens (tertiary/aromatic N) is 1. The molecule has 3 heteroatoms. The van der Waals surface area contributed by atoms with Gasteiger partial charge in [-0.25, -0.2) is 4.39 Å². The van der Waals surface area contributed by atoms with Crippen LogP contribution in [0.3, 0.4) is 0 Å². The highest BCUT2D eigenvalue weighted by Gasteiger charge is 2.36. The molecule has 2 aliphatic heterocycles. The molecule has 0 aromatic heterocycles. The first-order valence-corrected chi connectivity index (χ1v) is 7.44. The Hall–Kier alpha value is -0.930. The van der Waals surface area contributed by atoms with Crippen molar-refractivity contribution in [1.29, 1.82) is 0 Å². The summed E-state index contributed by atoms with van der Waals surface area (Å²) < 4.78 is 13.7. The third-order valence-corrected chi connectivity index (χ3v) is 4.65. The van der Waals surface area contributed by atoms with E-state index in [1.165, 1.54) is 25.7 Å². The monoisotopic (exact) mass is 262 g/mol. The maximum Gasteiger partial charge on any atom is 0.127 e. The van der Waals surface area contributed by atoms with Crippen LogP contribution in [0, 0.1) is 11.2 Å². The van der Waals surface area contributed by atoms with Crippen LogP contribution < -0.4 is 5.32 Å². The molecule has 0 saturated carbocycles. The third-order valence-electron chi connectivity index (χ3n) is 4.65.